The molecule has 1 saturated heterocycles. The molecule has 1 aromatic rings. The zero-order valence-electron chi connectivity index (χ0n) is 21.1. The molecule has 0 radical (unpaired) electrons. The van der Waals surface area contributed by atoms with Gasteiger partial charge in [0.05, 0.1) is 24.2 Å². The van der Waals surface area contributed by atoms with Gasteiger partial charge < -0.3 is 20.1 Å². The van der Waals surface area contributed by atoms with Crippen LogP contribution in [-0.4, -0.2) is 110 Å². The number of nitrogens with one attached hydrogen (secondary N) is 1. The van der Waals surface area contributed by atoms with Crippen LogP contribution in [0.5, 0.6) is 5.75 Å². The van der Waals surface area contributed by atoms with Crippen molar-refractivity contribution in [2.24, 2.45) is 0 Å². The molecule has 2 unspecified atom stereocenters. The van der Waals surface area contributed by atoms with Gasteiger partial charge in [0.25, 0.3) is 5.91 Å². The molecule has 2 N–H and O–H groups in total. The van der Waals surface area contributed by atoms with E-state index in [9.17, 15) is 18.3 Å². The number of nitrogens with zero attached hydrogens (tertiary/aromatic N) is 4. The number of alkyl halides is 1. The van der Waals surface area contributed by atoms with Crippen LogP contribution in [0.1, 0.15) is 31.9 Å². The topological polar surface area (TPSA) is 106 Å². The van der Waals surface area contributed by atoms with Crippen molar-refractivity contribution in [2.45, 2.75) is 36.8 Å². The second kappa shape index (κ2) is 11.2. The molecule has 3 aliphatic heterocycles. The molecule has 0 bridgehead atoms. The van der Waals surface area contributed by atoms with E-state index in [1.807, 2.05) is 11.8 Å². The van der Waals surface area contributed by atoms with E-state index in [1.165, 1.54) is 4.31 Å². The monoisotopic (exact) mass is 541 g/mol. The number of benzene rings is 1. The lowest BCUT2D eigenvalue weighted by Crippen LogP contribution is -2.49. The van der Waals surface area contributed by atoms with Crippen LogP contribution < -0.4 is 10.1 Å². The maximum absolute atomic E-state index is 13.6. The standard InChI is InChI=1S/C24H36ClN5O5S/c1-4-8-29-16-19-21(26-23(32)22(19)27(3)24(29)25)18-15-17(6-7-20(18)35-5-2)36(33,34)30-11-9-28(10-12-30)13-14-31/h6-7,15,21,24,31H,4-5,8-14,16H2,1-3H3,(H,26,32). The average Bonchev–Trinajstić information content (AvgIpc) is 3.19. The van der Waals surface area contributed by atoms with E-state index in [0.717, 1.165) is 18.5 Å². The number of hydrogen-bond donors (Lipinski definition) is 2. The molecular weight excluding hydrogens is 506 g/mol. The third-order valence-corrected chi connectivity index (χ3v) is 9.44. The molecule has 0 aliphatic carbocycles. The SMILES string of the molecule is CCCN1CC2=C(C(=O)NC2c2cc(S(=O)(=O)N3CCN(CCO)CC3)ccc2OCC)N(C)C1Cl. The number of aliphatic hydroxyl groups is 1. The molecule has 3 aliphatic rings. The summed E-state index contributed by atoms with van der Waals surface area (Å²) < 4.78 is 34.5. The van der Waals surface area contributed by atoms with Gasteiger partial charge in [-0.3, -0.25) is 14.6 Å². The van der Waals surface area contributed by atoms with Gasteiger partial charge in [-0.2, -0.15) is 4.31 Å². The van der Waals surface area contributed by atoms with Crippen molar-refractivity contribution in [1.82, 2.24) is 24.3 Å². The zero-order valence-corrected chi connectivity index (χ0v) is 22.7. The van der Waals surface area contributed by atoms with Gasteiger partial charge in [0.2, 0.25) is 10.0 Å². The molecule has 1 amide bonds. The summed E-state index contributed by atoms with van der Waals surface area (Å²) in [6.45, 7) is 8.05. The van der Waals surface area contributed by atoms with Gasteiger partial charge in [-0.1, -0.05) is 18.5 Å². The van der Waals surface area contributed by atoms with Gasteiger partial charge in [0, 0.05) is 58.4 Å². The van der Waals surface area contributed by atoms with Gasteiger partial charge in [0.1, 0.15) is 11.4 Å². The van der Waals surface area contributed by atoms with E-state index < -0.39 is 21.7 Å². The normalized spacial score (nSPS) is 24.2. The summed E-state index contributed by atoms with van der Waals surface area (Å²) in [5, 5.41) is 12.2. The summed E-state index contributed by atoms with van der Waals surface area (Å²) in [6, 6.07) is 4.37. The summed E-state index contributed by atoms with van der Waals surface area (Å²) in [5.41, 5.74) is 1.58. The molecule has 0 saturated carbocycles. The number of hydrogen-bond acceptors (Lipinski definition) is 8. The van der Waals surface area contributed by atoms with Crippen LogP contribution >= 0.6 is 11.6 Å². The van der Waals surface area contributed by atoms with E-state index in [4.69, 9.17) is 16.3 Å². The van der Waals surface area contributed by atoms with E-state index >= 15 is 0 Å². The lowest BCUT2D eigenvalue weighted by Gasteiger charge is -2.40. The van der Waals surface area contributed by atoms with E-state index in [2.05, 4.69) is 17.1 Å². The Morgan fingerprint density at radius 2 is 1.89 bits per heavy atom. The number of piperazine rings is 1. The number of ether oxygens (including phenoxy) is 1. The highest BCUT2D eigenvalue weighted by Crippen LogP contribution is 2.41. The third-order valence-electron chi connectivity index (χ3n) is 6.98. The molecule has 36 heavy (non-hydrogen) atoms. The fraction of sp³-hybridized carbons (Fsp3) is 0.625. The Bertz CT molecular complexity index is 1110. The number of rotatable bonds is 9. The average molecular weight is 542 g/mol. The molecular formula is C24H36ClN5O5S. The summed E-state index contributed by atoms with van der Waals surface area (Å²) in [5.74, 6) is 0.316. The molecule has 3 heterocycles. The molecule has 4 rings (SSSR count). The Kier molecular flexibility index (Phi) is 8.48. The van der Waals surface area contributed by atoms with Crippen molar-refractivity contribution >= 4 is 27.5 Å². The van der Waals surface area contributed by atoms with E-state index in [1.54, 1.807) is 30.1 Å². The van der Waals surface area contributed by atoms with Crippen molar-refractivity contribution in [3.63, 3.8) is 0 Å². The quantitative estimate of drug-likeness (QED) is 0.352. The number of amides is 1. The largest absolute Gasteiger partial charge is 0.494 e. The summed E-state index contributed by atoms with van der Waals surface area (Å²) in [6.07, 6.45) is 0.912. The number of halogens is 1. The molecule has 1 fully saturated rings. The first-order chi connectivity index (χ1) is 17.2. The molecule has 200 valence electrons. The zero-order chi connectivity index (χ0) is 26.0. The van der Waals surface area contributed by atoms with Crippen LogP contribution in [0, 0.1) is 0 Å². The van der Waals surface area contributed by atoms with Crippen molar-refractivity contribution < 1.29 is 23.1 Å². The summed E-state index contributed by atoms with van der Waals surface area (Å²) in [7, 11) is -1.94. The lowest BCUT2D eigenvalue weighted by molar-refractivity contribution is -0.118. The molecule has 0 aromatic heterocycles. The molecule has 1 aromatic carbocycles. The fourth-order valence-corrected chi connectivity index (χ4v) is 6.91. The van der Waals surface area contributed by atoms with Gasteiger partial charge in [-0.05, 0) is 37.1 Å². The lowest BCUT2D eigenvalue weighted by atomic mass is 9.97. The van der Waals surface area contributed by atoms with Crippen LogP contribution in [0.25, 0.3) is 0 Å². The number of sulfonamides is 1. The number of aliphatic hydroxyl groups excluding tert-OH is 1. The van der Waals surface area contributed by atoms with Crippen molar-refractivity contribution in [3.8, 4) is 5.75 Å². The Hall–Kier alpha value is -1.89. The number of likely N-dealkylation sites (N-methyl/N-ethyl adjacent to an activating group) is 1. The third kappa shape index (κ3) is 5.09. The molecule has 12 heteroatoms. The van der Waals surface area contributed by atoms with Crippen molar-refractivity contribution in [1.29, 1.82) is 0 Å². The minimum atomic E-state index is -3.75. The van der Waals surface area contributed by atoms with Gasteiger partial charge in [-0.15, -0.1) is 0 Å². The van der Waals surface area contributed by atoms with E-state index in [0.29, 0.717) is 62.9 Å². The summed E-state index contributed by atoms with van der Waals surface area (Å²) >= 11 is 6.63. The van der Waals surface area contributed by atoms with Crippen molar-refractivity contribution in [2.75, 3.05) is 66.1 Å². The molecule has 2 atom stereocenters. The predicted octanol–water partition coefficient (Wildman–Crippen LogP) is 0.989. The first-order valence-electron chi connectivity index (χ1n) is 12.5. The second-order valence-electron chi connectivity index (χ2n) is 9.27. The minimum absolute atomic E-state index is 0.0509. The number of carbonyl (C=O) groups is 1. The van der Waals surface area contributed by atoms with Gasteiger partial charge in [0.15, 0.2) is 5.62 Å². The van der Waals surface area contributed by atoms with E-state index in [-0.39, 0.29) is 17.4 Å². The predicted molar refractivity (Wildman–Crippen MR) is 137 cm³/mol. The van der Waals surface area contributed by atoms with Gasteiger partial charge >= 0.3 is 0 Å². The van der Waals surface area contributed by atoms with Crippen molar-refractivity contribution in [3.05, 3.63) is 35.0 Å². The highest BCUT2D eigenvalue weighted by Gasteiger charge is 2.43. The number of carbonyl (C=O) groups excluding carboxylic acids is 1. The smallest absolute Gasteiger partial charge is 0.268 e. The number of β-amino-alcohol motifs (C(OH)–C–C–N with tert-alkyl or cyclic N) is 1. The van der Waals surface area contributed by atoms with Crippen LogP contribution in [0.4, 0.5) is 0 Å². The maximum atomic E-state index is 13.6. The fourth-order valence-electron chi connectivity index (χ4n) is 5.19. The maximum Gasteiger partial charge on any atom is 0.268 e. The van der Waals surface area contributed by atoms with Gasteiger partial charge in [-0.25, -0.2) is 8.42 Å². The van der Waals surface area contributed by atoms with Crippen LogP contribution in [0.3, 0.4) is 0 Å². The molecule has 0 spiro atoms. The first kappa shape index (κ1) is 27.2. The van der Waals surface area contributed by atoms with Crippen LogP contribution in [-0.2, 0) is 14.8 Å². The first-order valence-corrected chi connectivity index (χ1v) is 14.4. The highest BCUT2D eigenvalue weighted by atomic mass is 35.5. The Morgan fingerprint density at radius 3 is 2.53 bits per heavy atom. The minimum Gasteiger partial charge on any atom is -0.494 e. The van der Waals surface area contributed by atoms with Crippen LogP contribution in [0.15, 0.2) is 34.4 Å². The highest BCUT2D eigenvalue weighted by molar-refractivity contribution is 7.89. The Balaban J connectivity index is 1.69. The summed E-state index contributed by atoms with van der Waals surface area (Å²) in [4.78, 5) is 19.1. The Morgan fingerprint density at radius 1 is 1.17 bits per heavy atom. The second-order valence-corrected chi connectivity index (χ2v) is 11.6. The van der Waals surface area contributed by atoms with Crippen LogP contribution in [0.2, 0.25) is 0 Å². The Labute approximate surface area is 218 Å². The molecule has 10 nitrogen and oxygen atoms in total.